The zero-order valence-electron chi connectivity index (χ0n) is 9.85. The second-order valence-corrected chi connectivity index (χ2v) is 4.59. The average molecular weight is 243 g/mol. The second kappa shape index (κ2) is 4.62. The topological polar surface area (TPSA) is 76.1 Å². The third-order valence-corrected chi connectivity index (χ3v) is 3.35. The van der Waals surface area contributed by atoms with Crippen LogP contribution in [-0.4, -0.2) is 61.4 Å². The SMILES string of the molecule is COCC1CN(C(=O)C2(C(=O)O)CC2)CCO1. The first-order valence-electron chi connectivity index (χ1n) is 5.73. The fourth-order valence-corrected chi connectivity index (χ4v) is 2.14. The molecule has 1 aliphatic heterocycles. The first-order valence-corrected chi connectivity index (χ1v) is 5.73. The number of carbonyl (C=O) groups is 2. The van der Waals surface area contributed by atoms with E-state index in [1.54, 1.807) is 12.0 Å². The lowest BCUT2D eigenvalue weighted by atomic mass is 10.1. The van der Waals surface area contributed by atoms with Gasteiger partial charge in [0.05, 0.1) is 19.3 Å². The van der Waals surface area contributed by atoms with E-state index in [0.29, 0.717) is 39.1 Å². The van der Waals surface area contributed by atoms with Crippen molar-refractivity contribution in [1.82, 2.24) is 4.90 Å². The lowest BCUT2D eigenvalue weighted by molar-refractivity contribution is -0.158. The highest BCUT2D eigenvalue weighted by molar-refractivity contribution is 6.04. The normalized spacial score (nSPS) is 26.6. The molecule has 96 valence electrons. The van der Waals surface area contributed by atoms with Crippen molar-refractivity contribution < 1.29 is 24.2 Å². The van der Waals surface area contributed by atoms with Crippen LogP contribution in [0.3, 0.4) is 0 Å². The van der Waals surface area contributed by atoms with Crippen LogP contribution in [0.2, 0.25) is 0 Å². The highest BCUT2D eigenvalue weighted by Gasteiger charge is 2.58. The Morgan fingerprint density at radius 2 is 2.24 bits per heavy atom. The summed E-state index contributed by atoms with van der Waals surface area (Å²) in [6.45, 7) is 1.75. The van der Waals surface area contributed by atoms with Gasteiger partial charge in [0.2, 0.25) is 5.91 Å². The molecule has 0 spiro atoms. The molecule has 1 unspecified atom stereocenters. The Morgan fingerprint density at radius 3 is 2.76 bits per heavy atom. The minimum Gasteiger partial charge on any atom is -0.480 e. The number of carbonyl (C=O) groups excluding carboxylic acids is 1. The Hall–Kier alpha value is -1.14. The van der Waals surface area contributed by atoms with E-state index in [9.17, 15) is 9.59 Å². The molecule has 1 saturated carbocycles. The third kappa shape index (κ3) is 2.28. The summed E-state index contributed by atoms with van der Waals surface area (Å²) >= 11 is 0. The molecule has 0 aromatic heterocycles. The number of nitrogens with zero attached hydrogens (tertiary/aromatic N) is 1. The molecule has 2 fully saturated rings. The van der Waals surface area contributed by atoms with Gasteiger partial charge in [-0.15, -0.1) is 0 Å². The molecule has 0 radical (unpaired) electrons. The number of carboxylic acid groups (broad SMARTS) is 1. The predicted molar refractivity (Wildman–Crippen MR) is 57.5 cm³/mol. The summed E-state index contributed by atoms with van der Waals surface area (Å²) in [6, 6.07) is 0. The summed E-state index contributed by atoms with van der Waals surface area (Å²) < 4.78 is 10.4. The van der Waals surface area contributed by atoms with Crippen molar-refractivity contribution in [3.8, 4) is 0 Å². The van der Waals surface area contributed by atoms with E-state index in [1.165, 1.54) is 0 Å². The number of methoxy groups -OCH3 is 1. The minimum absolute atomic E-state index is 0.151. The summed E-state index contributed by atoms with van der Waals surface area (Å²) in [5.41, 5.74) is -1.14. The van der Waals surface area contributed by atoms with Gasteiger partial charge in [-0.3, -0.25) is 9.59 Å². The fraction of sp³-hybridized carbons (Fsp3) is 0.818. The standard InChI is InChI=1S/C11H17NO5/c1-16-7-8-6-12(4-5-17-8)9(13)11(2-3-11)10(14)15/h8H,2-7H2,1H3,(H,14,15). The van der Waals surface area contributed by atoms with Gasteiger partial charge in [0.15, 0.2) is 0 Å². The van der Waals surface area contributed by atoms with E-state index in [4.69, 9.17) is 14.6 Å². The summed E-state index contributed by atoms with van der Waals surface area (Å²) in [7, 11) is 1.57. The molecular formula is C11H17NO5. The van der Waals surface area contributed by atoms with Crippen LogP contribution >= 0.6 is 0 Å². The molecule has 1 amide bonds. The number of amides is 1. The number of carboxylic acids is 1. The van der Waals surface area contributed by atoms with E-state index in [0.717, 1.165) is 0 Å². The molecule has 1 aliphatic carbocycles. The van der Waals surface area contributed by atoms with Crippen LogP contribution in [0.5, 0.6) is 0 Å². The molecular weight excluding hydrogens is 226 g/mol. The van der Waals surface area contributed by atoms with Gasteiger partial charge in [-0.2, -0.15) is 0 Å². The summed E-state index contributed by atoms with van der Waals surface area (Å²) in [5, 5.41) is 9.07. The largest absolute Gasteiger partial charge is 0.480 e. The lowest BCUT2D eigenvalue weighted by Crippen LogP contribution is -2.50. The van der Waals surface area contributed by atoms with E-state index in [-0.39, 0.29) is 12.0 Å². The van der Waals surface area contributed by atoms with Gasteiger partial charge in [0.25, 0.3) is 0 Å². The Bertz CT molecular complexity index is 324. The van der Waals surface area contributed by atoms with E-state index in [2.05, 4.69) is 0 Å². The molecule has 17 heavy (non-hydrogen) atoms. The van der Waals surface area contributed by atoms with Gasteiger partial charge in [-0.05, 0) is 12.8 Å². The Balaban J connectivity index is 1.98. The van der Waals surface area contributed by atoms with Gasteiger partial charge < -0.3 is 19.5 Å². The van der Waals surface area contributed by atoms with E-state index in [1.807, 2.05) is 0 Å². The smallest absolute Gasteiger partial charge is 0.319 e. The number of hydrogen-bond acceptors (Lipinski definition) is 4. The molecule has 6 heteroatoms. The highest BCUT2D eigenvalue weighted by atomic mass is 16.5. The van der Waals surface area contributed by atoms with Crippen LogP contribution in [0.25, 0.3) is 0 Å². The number of ether oxygens (including phenoxy) is 2. The second-order valence-electron chi connectivity index (χ2n) is 4.59. The average Bonchev–Trinajstić information content (AvgIpc) is 3.10. The third-order valence-electron chi connectivity index (χ3n) is 3.35. The van der Waals surface area contributed by atoms with Gasteiger partial charge >= 0.3 is 5.97 Å². The quantitative estimate of drug-likeness (QED) is 0.687. The van der Waals surface area contributed by atoms with Gasteiger partial charge in [0, 0.05) is 20.2 Å². The van der Waals surface area contributed by atoms with Crippen LogP contribution in [0.15, 0.2) is 0 Å². The highest BCUT2D eigenvalue weighted by Crippen LogP contribution is 2.47. The Labute approximate surface area is 99.5 Å². The molecule has 0 aromatic rings. The Morgan fingerprint density at radius 1 is 1.53 bits per heavy atom. The number of morpholine rings is 1. The number of aliphatic carboxylic acids is 1. The zero-order chi connectivity index (χ0) is 12.5. The minimum atomic E-state index is -1.14. The molecule has 1 saturated heterocycles. The van der Waals surface area contributed by atoms with Crippen LogP contribution in [-0.2, 0) is 19.1 Å². The van der Waals surface area contributed by atoms with Crippen LogP contribution in [0.4, 0.5) is 0 Å². The first kappa shape index (κ1) is 12.3. The summed E-state index contributed by atoms with van der Waals surface area (Å²) in [4.78, 5) is 24.8. The van der Waals surface area contributed by atoms with Crippen molar-refractivity contribution in [3.05, 3.63) is 0 Å². The van der Waals surface area contributed by atoms with Crippen molar-refractivity contribution in [2.24, 2.45) is 5.41 Å². The van der Waals surface area contributed by atoms with Crippen molar-refractivity contribution in [2.75, 3.05) is 33.4 Å². The van der Waals surface area contributed by atoms with Crippen LogP contribution in [0, 0.1) is 5.41 Å². The molecule has 2 rings (SSSR count). The van der Waals surface area contributed by atoms with Crippen molar-refractivity contribution in [3.63, 3.8) is 0 Å². The molecule has 1 N–H and O–H groups in total. The fourth-order valence-electron chi connectivity index (χ4n) is 2.14. The van der Waals surface area contributed by atoms with E-state index >= 15 is 0 Å². The molecule has 1 atom stereocenters. The van der Waals surface area contributed by atoms with Crippen molar-refractivity contribution >= 4 is 11.9 Å². The maximum Gasteiger partial charge on any atom is 0.319 e. The number of rotatable bonds is 4. The van der Waals surface area contributed by atoms with Crippen molar-refractivity contribution in [2.45, 2.75) is 18.9 Å². The first-order chi connectivity index (χ1) is 8.10. The van der Waals surface area contributed by atoms with Gasteiger partial charge in [0.1, 0.15) is 5.41 Å². The predicted octanol–water partition coefficient (Wildman–Crippen LogP) is -0.275. The van der Waals surface area contributed by atoms with Crippen LogP contribution in [0.1, 0.15) is 12.8 Å². The Kier molecular flexibility index (Phi) is 3.35. The molecule has 6 nitrogen and oxygen atoms in total. The molecule has 1 heterocycles. The monoisotopic (exact) mass is 243 g/mol. The summed E-state index contributed by atoms with van der Waals surface area (Å²) in [5.74, 6) is -1.27. The zero-order valence-corrected chi connectivity index (χ0v) is 9.85. The van der Waals surface area contributed by atoms with Crippen molar-refractivity contribution in [1.29, 1.82) is 0 Å². The maximum absolute atomic E-state index is 12.1. The van der Waals surface area contributed by atoms with E-state index < -0.39 is 11.4 Å². The van der Waals surface area contributed by atoms with Gasteiger partial charge in [-0.1, -0.05) is 0 Å². The van der Waals surface area contributed by atoms with Gasteiger partial charge in [-0.25, -0.2) is 0 Å². The molecule has 2 aliphatic rings. The number of hydrogen-bond donors (Lipinski definition) is 1. The lowest BCUT2D eigenvalue weighted by Gasteiger charge is -2.34. The summed E-state index contributed by atoms with van der Waals surface area (Å²) in [6.07, 6.45) is 0.753. The maximum atomic E-state index is 12.1. The molecule has 0 bridgehead atoms. The molecule has 0 aromatic carbocycles. The van der Waals surface area contributed by atoms with Crippen LogP contribution < -0.4 is 0 Å².